The molecule has 0 saturated carbocycles. The number of carbonyl (C=O) groups is 2. The average molecular weight is 475 g/mol. The number of halogens is 1. The van der Waals surface area contributed by atoms with Gasteiger partial charge in [-0.25, -0.2) is 4.79 Å². The van der Waals surface area contributed by atoms with Gasteiger partial charge in [0, 0.05) is 42.8 Å². The Labute approximate surface area is 185 Å². The van der Waals surface area contributed by atoms with Crippen molar-refractivity contribution in [2.24, 2.45) is 0 Å². The third-order valence-corrected chi connectivity index (χ3v) is 5.37. The molecule has 3 rings (SSSR count). The molecule has 3 N–H and O–H groups in total. The molecule has 0 radical (unpaired) electrons. The number of hydrogen-bond acceptors (Lipinski definition) is 4. The number of morpholine rings is 1. The number of hydrogen-bond donors (Lipinski definition) is 3. The van der Waals surface area contributed by atoms with Gasteiger partial charge in [-0.05, 0) is 29.8 Å². The van der Waals surface area contributed by atoms with Gasteiger partial charge in [0.15, 0.2) is 0 Å². The third kappa shape index (κ3) is 7.44. The van der Waals surface area contributed by atoms with E-state index in [1.807, 2.05) is 42.5 Å². The van der Waals surface area contributed by atoms with Crippen molar-refractivity contribution in [3.05, 3.63) is 64.6 Å². The van der Waals surface area contributed by atoms with Crippen LogP contribution in [0.3, 0.4) is 0 Å². The molecule has 1 aliphatic rings. The summed E-state index contributed by atoms with van der Waals surface area (Å²) in [4.78, 5) is 27.6. The Hall–Kier alpha value is -2.42. The third-order valence-electron chi connectivity index (χ3n) is 4.84. The molecule has 0 aromatic heterocycles. The highest BCUT2D eigenvalue weighted by Crippen LogP contribution is 2.14. The highest BCUT2D eigenvalue weighted by atomic mass is 79.9. The smallest absolute Gasteiger partial charge is 0.319 e. The Morgan fingerprint density at radius 1 is 1.03 bits per heavy atom. The second-order valence-electron chi connectivity index (χ2n) is 7.09. The lowest BCUT2D eigenvalue weighted by atomic mass is 10.1. The summed E-state index contributed by atoms with van der Waals surface area (Å²) in [5.41, 5.74) is 1.64. The molecule has 0 spiro atoms. The van der Waals surface area contributed by atoms with E-state index >= 15 is 0 Å². The Morgan fingerprint density at radius 2 is 1.73 bits per heavy atom. The van der Waals surface area contributed by atoms with Crippen LogP contribution in [0, 0.1) is 0 Å². The van der Waals surface area contributed by atoms with E-state index in [2.05, 4.69) is 36.8 Å². The molecule has 0 bridgehead atoms. The minimum absolute atomic E-state index is 0.196. The summed E-state index contributed by atoms with van der Waals surface area (Å²) in [6, 6.07) is 15.8. The van der Waals surface area contributed by atoms with E-state index in [0.717, 1.165) is 42.9 Å². The molecule has 1 fully saturated rings. The van der Waals surface area contributed by atoms with E-state index in [0.29, 0.717) is 18.7 Å². The summed E-state index contributed by atoms with van der Waals surface area (Å²) in [5.74, 6) is -0.196. The molecule has 0 aliphatic carbocycles. The number of rotatable bonds is 8. The van der Waals surface area contributed by atoms with Crippen molar-refractivity contribution in [1.29, 1.82) is 0 Å². The van der Waals surface area contributed by atoms with Gasteiger partial charge in [0.1, 0.15) is 6.04 Å². The van der Waals surface area contributed by atoms with Crippen LogP contribution < -0.4 is 16.0 Å². The van der Waals surface area contributed by atoms with Crippen LogP contribution in [0.4, 0.5) is 10.5 Å². The highest BCUT2D eigenvalue weighted by molar-refractivity contribution is 9.10. The summed E-state index contributed by atoms with van der Waals surface area (Å²) >= 11 is 3.37. The second-order valence-corrected chi connectivity index (χ2v) is 8.01. The minimum atomic E-state index is -0.674. The fourth-order valence-corrected chi connectivity index (χ4v) is 3.47. The number of ether oxygens (including phenoxy) is 1. The van der Waals surface area contributed by atoms with Crippen molar-refractivity contribution >= 4 is 33.6 Å². The molecule has 1 heterocycles. The lowest BCUT2D eigenvalue weighted by molar-refractivity contribution is -0.122. The van der Waals surface area contributed by atoms with Crippen molar-refractivity contribution in [1.82, 2.24) is 15.5 Å². The molecule has 3 amide bonds. The van der Waals surface area contributed by atoms with Gasteiger partial charge >= 0.3 is 6.03 Å². The van der Waals surface area contributed by atoms with Crippen LogP contribution in [0.25, 0.3) is 0 Å². The molecular weight excluding hydrogens is 448 g/mol. The van der Waals surface area contributed by atoms with Gasteiger partial charge in [-0.3, -0.25) is 9.69 Å². The normalized spacial score (nSPS) is 15.2. The number of carbonyl (C=O) groups excluding carboxylic acids is 2. The summed E-state index contributed by atoms with van der Waals surface area (Å²) in [5, 5.41) is 8.54. The van der Waals surface area contributed by atoms with Crippen LogP contribution in [0.15, 0.2) is 59.1 Å². The molecule has 30 heavy (non-hydrogen) atoms. The van der Waals surface area contributed by atoms with Gasteiger partial charge in [-0.15, -0.1) is 0 Å². The zero-order valence-electron chi connectivity index (χ0n) is 16.8. The topological polar surface area (TPSA) is 82.7 Å². The summed E-state index contributed by atoms with van der Waals surface area (Å²) in [7, 11) is 0. The molecule has 160 valence electrons. The number of urea groups is 1. The van der Waals surface area contributed by atoms with Crippen LogP contribution in [-0.2, 0) is 16.0 Å². The quantitative estimate of drug-likeness (QED) is 0.549. The first-order chi connectivity index (χ1) is 14.6. The number of benzene rings is 2. The molecule has 8 heteroatoms. The first-order valence-electron chi connectivity index (χ1n) is 10.0. The van der Waals surface area contributed by atoms with E-state index in [9.17, 15) is 9.59 Å². The standard InChI is InChI=1S/C22H27BrN4O3/c23-18-6-8-19(9-7-18)25-22(29)26-20(16-17-4-2-1-3-5-17)21(28)24-10-11-27-12-14-30-15-13-27/h1-9,20H,10-16H2,(H,24,28)(H2,25,26,29). The van der Waals surface area contributed by atoms with E-state index in [1.54, 1.807) is 12.1 Å². The van der Waals surface area contributed by atoms with Crippen LogP contribution >= 0.6 is 15.9 Å². The van der Waals surface area contributed by atoms with Crippen molar-refractivity contribution in [2.45, 2.75) is 12.5 Å². The van der Waals surface area contributed by atoms with E-state index in [4.69, 9.17) is 4.74 Å². The summed E-state index contributed by atoms with van der Waals surface area (Å²) < 4.78 is 6.27. The van der Waals surface area contributed by atoms with Crippen molar-refractivity contribution in [3.8, 4) is 0 Å². The second kappa shape index (κ2) is 11.7. The van der Waals surface area contributed by atoms with Crippen LogP contribution in [0.5, 0.6) is 0 Å². The minimum Gasteiger partial charge on any atom is -0.379 e. The SMILES string of the molecule is O=C(Nc1ccc(Br)cc1)NC(Cc1ccccc1)C(=O)NCCN1CCOCC1. The zero-order valence-corrected chi connectivity index (χ0v) is 18.4. The zero-order chi connectivity index (χ0) is 21.2. The number of anilines is 1. The van der Waals surface area contributed by atoms with Gasteiger partial charge in [-0.1, -0.05) is 46.3 Å². The Morgan fingerprint density at radius 3 is 2.43 bits per heavy atom. The van der Waals surface area contributed by atoms with Gasteiger partial charge in [-0.2, -0.15) is 0 Å². The number of nitrogens with zero attached hydrogens (tertiary/aromatic N) is 1. The lowest BCUT2D eigenvalue weighted by Gasteiger charge is -2.27. The molecule has 1 saturated heterocycles. The fourth-order valence-electron chi connectivity index (χ4n) is 3.20. The summed E-state index contributed by atoms with van der Waals surface area (Å²) in [6.07, 6.45) is 0.415. The maximum Gasteiger partial charge on any atom is 0.319 e. The molecule has 2 aromatic rings. The largest absolute Gasteiger partial charge is 0.379 e. The predicted molar refractivity (Wildman–Crippen MR) is 120 cm³/mol. The molecule has 2 aromatic carbocycles. The van der Waals surface area contributed by atoms with Crippen LogP contribution in [-0.4, -0.2) is 62.3 Å². The summed E-state index contributed by atoms with van der Waals surface area (Å²) in [6.45, 7) is 4.48. The van der Waals surface area contributed by atoms with E-state index in [1.165, 1.54) is 0 Å². The van der Waals surface area contributed by atoms with Gasteiger partial charge < -0.3 is 20.7 Å². The molecule has 1 unspecified atom stereocenters. The monoisotopic (exact) mass is 474 g/mol. The Balaban J connectivity index is 1.56. The van der Waals surface area contributed by atoms with Gasteiger partial charge in [0.25, 0.3) is 0 Å². The maximum absolute atomic E-state index is 12.8. The predicted octanol–water partition coefficient (Wildman–Crippen LogP) is 2.63. The van der Waals surface area contributed by atoms with Crippen LogP contribution in [0.2, 0.25) is 0 Å². The number of nitrogens with one attached hydrogen (secondary N) is 3. The first-order valence-corrected chi connectivity index (χ1v) is 10.8. The van der Waals surface area contributed by atoms with E-state index in [-0.39, 0.29) is 5.91 Å². The van der Waals surface area contributed by atoms with Crippen molar-refractivity contribution in [3.63, 3.8) is 0 Å². The highest BCUT2D eigenvalue weighted by Gasteiger charge is 2.21. The fraction of sp³-hybridized carbons (Fsp3) is 0.364. The van der Waals surface area contributed by atoms with Gasteiger partial charge in [0.2, 0.25) is 5.91 Å². The number of amides is 3. The lowest BCUT2D eigenvalue weighted by Crippen LogP contribution is -2.51. The molecular formula is C22H27BrN4O3. The van der Waals surface area contributed by atoms with Crippen molar-refractivity contribution in [2.75, 3.05) is 44.7 Å². The Kier molecular flexibility index (Phi) is 8.67. The van der Waals surface area contributed by atoms with Crippen molar-refractivity contribution < 1.29 is 14.3 Å². The molecule has 7 nitrogen and oxygen atoms in total. The van der Waals surface area contributed by atoms with Gasteiger partial charge in [0.05, 0.1) is 13.2 Å². The van der Waals surface area contributed by atoms with E-state index < -0.39 is 12.1 Å². The Bertz CT molecular complexity index is 811. The first kappa shape index (κ1) is 22.3. The van der Waals surface area contributed by atoms with Crippen LogP contribution in [0.1, 0.15) is 5.56 Å². The average Bonchev–Trinajstić information content (AvgIpc) is 2.76. The molecule has 1 atom stereocenters. The maximum atomic E-state index is 12.8. The molecule has 1 aliphatic heterocycles.